The number of aromatic nitrogens is 1. The molecule has 1 unspecified atom stereocenters. The highest BCUT2D eigenvalue weighted by Gasteiger charge is 2.23. The van der Waals surface area contributed by atoms with Crippen molar-refractivity contribution >= 4 is 11.8 Å². The lowest BCUT2D eigenvalue weighted by atomic mass is 10.00. The van der Waals surface area contributed by atoms with Crippen LogP contribution in [0.4, 0.5) is 0 Å². The Morgan fingerprint density at radius 3 is 2.70 bits per heavy atom. The van der Waals surface area contributed by atoms with E-state index in [1.54, 1.807) is 19.2 Å². The Hall–Kier alpha value is -2.97. The van der Waals surface area contributed by atoms with Crippen LogP contribution in [0.25, 0.3) is 0 Å². The van der Waals surface area contributed by atoms with E-state index >= 15 is 0 Å². The maximum atomic E-state index is 12.6. The van der Waals surface area contributed by atoms with Gasteiger partial charge in [0.15, 0.2) is 0 Å². The maximum absolute atomic E-state index is 12.6. The Morgan fingerprint density at radius 1 is 1.18 bits per heavy atom. The minimum atomic E-state index is -0.655. The first kappa shape index (κ1) is 23.2. The zero-order chi connectivity index (χ0) is 23.2. The number of pyridine rings is 1. The van der Waals surface area contributed by atoms with Gasteiger partial charge in [-0.05, 0) is 23.6 Å². The average molecular weight is 453 g/mol. The molecule has 2 aliphatic rings. The minimum absolute atomic E-state index is 0.00259. The van der Waals surface area contributed by atoms with Crippen LogP contribution in [0, 0.1) is 0 Å². The molecule has 0 saturated carbocycles. The van der Waals surface area contributed by atoms with Crippen LogP contribution in [-0.4, -0.2) is 76.6 Å². The van der Waals surface area contributed by atoms with Crippen LogP contribution in [0.15, 0.2) is 42.7 Å². The van der Waals surface area contributed by atoms with E-state index in [0.29, 0.717) is 30.9 Å². The van der Waals surface area contributed by atoms with Crippen molar-refractivity contribution in [2.45, 2.75) is 44.9 Å². The van der Waals surface area contributed by atoms with Crippen LogP contribution in [0.3, 0.4) is 0 Å². The first-order valence-corrected chi connectivity index (χ1v) is 11.6. The molecule has 1 saturated heterocycles. The Labute approximate surface area is 194 Å². The summed E-state index contributed by atoms with van der Waals surface area (Å²) in [6, 6.07) is 10.1. The fourth-order valence-electron chi connectivity index (χ4n) is 4.47. The molecular weight excluding hydrogens is 420 g/mol. The highest BCUT2D eigenvalue weighted by atomic mass is 16.5. The van der Waals surface area contributed by atoms with Gasteiger partial charge in [-0.15, -0.1) is 0 Å². The van der Waals surface area contributed by atoms with Gasteiger partial charge in [0.25, 0.3) is 5.91 Å². The van der Waals surface area contributed by atoms with E-state index in [2.05, 4.69) is 33.4 Å². The van der Waals surface area contributed by atoms with E-state index in [9.17, 15) is 14.7 Å². The molecule has 0 aliphatic carbocycles. The van der Waals surface area contributed by atoms with Crippen LogP contribution in [0.5, 0.6) is 5.75 Å². The topological polar surface area (TPSA) is 95.0 Å². The third-order valence-electron chi connectivity index (χ3n) is 6.34. The first-order chi connectivity index (χ1) is 16.0. The normalized spacial score (nSPS) is 17.8. The molecule has 2 aromatic rings. The molecule has 0 bridgehead atoms. The van der Waals surface area contributed by atoms with E-state index in [1.165, 1.54) is 17.3 Å². The van der Waals surface area contributed by atoms with Gasteiger partial charge in [-0.2, -0.15) is 0 Å². The fraction of sp³-hybridized carbons (Fsp3) is 0.480. The molecule has 33 heavy (non-hydrogen) atoms. The Balaban J connectivity index is 1.23. The summed E-state index contributed by atoms with van der Waals surface area (Å²) in [7, 11) is 0. The molecule has 2 aliphatic heterocycles. The van der Waals surface area contributed by atoms with Gasteiger partial charge in [-0.25, -0.2) is 0 Å². The van der Waals surface area contributed by atoms with Crippen molar-refractivity contribution in [1.29, 1.82) is 0 Å². The van der Waals surface area contributed by atoms with Crippen molar-refractivity contribution < 1.29 is 19.4 Å². The molecule has 1 aromatic carbocycles. The molecule has 3 heterocycles. The maximum Gasteiger partial charge on any atom is 0.253 e. The number of fused-ring (bicyclic) bond motifs is 1. The summed E-state index contributed by atoms with van der Waals surface area (Å²) in [5.41, 5.74) is 3.07. The van der Waals surface area contributed by atoms with E-state index in [-0.39, 0.29) is 24.5 Å². The van der Waals surface area contributed by atoms with E-state index in [1.807, 2.05) is 11.0 Å². The smallest absolute Gasteiger partial charge is 0.253 e. The number of carbonyl (C=O) groups excluding carboxylic acids is 2. The van der Waals surface area contributed by atoms with Gasteiger partial charge in [-0.3, -0.25) is 19.5 Å². The molecule has 4 rings (SSSR count). The summed E-state index contributed by atoms with van der Waals surface area (Å²) in [6.45, 7) is 5.32. The molecule has 176 valence electrons. The van der Waals surface area contributed by atoms with E-state index < -0.39 is 6.10 Å². The molecule has 8 heteroatoms. The molecule has 1 aromatic heterocycles. The number of carbonyl (C=O) groups is 2. The number of hydrogen-bond acceptors (Lipinski definition) is 6. The van der Waals surface area contributed by atoms with Crippen LogP contribution in [0.2, 0.25) is 0 Å². The Bertz CT molecular complexity index is 974. The quantitative estimate of drug-likeness (QED) is 0.663. The number of likely N-dealkylation sites (tertiary alicyclic amines) is 1. The van der Waals surface area contributed by atoms with Crippen molar-refractivity contribution in [2.24, 2.45) is 0 Å². The molecule has 2 amide bonds. The van der Waals surface area contributed by atoms with Gasteiger partial charge in [-0.1, -0.05) is 24.3 Å². The minimum Gasteiger partial charge on any atom is -0.489 e. The predicted octanol–water partition coefficient (Wildman–Crippen LogP) is 1.62. The number of amides is 2. The summed E-state index contributed by atoms with van der Waals surface area (Å²) in [4.78, 5) is 32.2. The lowest BCUT2D eigenvalue weighted by Crippen LogP contribution is -2.42. The van der Waals surface area contributed by atoms with Gasteiger partial charge in [0.1, 0.15) is 11.9 Å². The highest BCUT2D eigenvalue weighted by molar-refractivity contribution is 5.94. The lowest BCUT2D eigenvalue weighted by Gasteiger charge is -2.31. The summed E-state index contributed by atoms with van der Waals surface area (Å²) in [6.07, 6.45) is 4.91. The van der Waals surface area contributed by atoms with Crippen molar-refractivity contribution in [3.8, 4) is 5.75 Å². The standard InChI is InChI=1S/C25H32N4O4/c1-18(30)29-10-7-23(8-11-29)33-24-12-21(13-26-15-24)25(32)27-14-22(31)17-28-9-6-19-4-2-3-5-20(19)16-28/h2-5,12-13,15,22-23,31H,6-11,14,16-17H2,1H3,(H,27,32). The number of ether oxygens (including phenoxy) is 1. The van der Waals surface area contributed by atoms with Crippen LogP contribution in [-0.2, 0) is 17.8 Å². The molecule has 0 spiro atoms. The lowest BCUT2D eigenvalue weighted by molar-refractivity contribution is -0.130. The van der Waals surface area contributed by atoms with Crippen LogP contribution < -0.4 is 10.1 Å². The number of β-amino-alcohol motifs (C(OH)–C–C–N with tert-alkyl or cyclic N) is 1. The largest absolute Gasteiger partial charge is 0.489 e. The monoisotopic (exact) mass is 452 g/mol. The van der Waals surface area contributed by atoms with Gasteiger partial charge in [0.2, 0.25) is 5.91 Å². The Kier molecular flexibility index (Phi) is 7.57. The number of nitrogens with one attached hydrogen (secondary N) is 1. The molecule has 2 N–H and O–H groups in total. The zero-order valence-corrected chi connectivity index (χ0v) is 19.1. The summed E-state index contributed by atoms with van der Waals surface area (Å²) >= 11 is 0. The Morgan fingerprint density at radius 2 is 1.94 bits per heavy atom. The second-order valence-corrected chi connectivity index (χ2v) is 8.85. The SMILES string of the molecule is CC(=O)N1CCC(Oc2cncc(C(=O)NCC(O)CN3CCc4ccccc4C3)c2)CC1. The zero-order valence-electron chi connectivity index (χ0n) is 19.1. The highest BCUT2D eigenvalue weighted by Crippen LogP contribution is 2.20. The number of benzene rings is 1. The number of aliphatic hydroxyl groups is 1. The molecule has 8 nitrogen and oxygen atoms in total. The third-order valence-corrected chi connectivity index (χ3v) is 6.34. The van der Waals surface area contributed by atoms with Crippen molar-refractivity contribution in [1.82, 2.24) is 20.1 Å². The van der Waals surface area contributed by atoms with Crippen LogP contribution >= 0.6 is 0 Å². The summed E-state index contributed by atoms with van der Waals surface area (Å²) in [5, 5.41) is 13.3. The third kappa shape index (κ3) is 6.30. The number of hydrogen-bond donors (Lipinski definition) is 2. The molecule has 0 radical (unpaired) electrons. The van der Waals surface area contributed by atoms with E-state index in [0.717, 1.165) is 32.4 Å². The van der Waals surface area contributed by atoms with Gasteiger partial charge in [0.05, 0.1) is 17.9 Å². The van der Waals surface area contributed by atoms with Crippen molar-refractivity contribution in [3.05, 3.63) is 59.4 Å². The first-order valence-electron chi connectivity index (χ1n) is 11.6. The van der Waals surface area contributed by atoms with Crippen LogP contribution in [0.1, 0.15) is 41.3 Å². The summed E-state index contributed by atoms with van der Waals surface area (Å²) < 4.78 is 5.99. The number of nitrogens with zero attached hydrogens (tertiary/aromatic N) is 3. The average Bonchev–Trinajstić information content (AvgIpc) is 2.83. The second-order valence-electron chi connectivity index (χ2n) is 8.85. The fourth-order valence-corrected chi connectivity index (χ4v) is 4.47. The van der Waals surface area contributed by atoms with Gasteiger partial charge >= 0.3 is 0 Å². The van der Waals surface area contributed by atoms with Crippen molar-refractivity contribution in [3.63, 3.8) is 0 Å². The van der Waals surface area contributed by atoms with Gasteiger partial charge < -0.3 is 20.1 Å². The number of piperidine rings is 1. The molecule has 1 fully saturated rings. The van der Waals surface area contributed by atoms with Crippen molar-refractivity contribution in [2.75, 3.05) is 32.7 Å². The number of rotatable bonds is 7. The van der Waals surface area contributed by atoms with E-state index in [4.69, 9.17) is 4.74 Å². The second kappa shape index (κ2) is 10.8. The predicted molar refractivity (Wildman–Crippen MR) is 124 cm³/mol. The van der Waals surface area contributed by atoms with Gasteiger partial charge in [0, 0.05) is 65.2 Å². The molecular formula is C25H32N4O4. The number of aliphatic hydroxyl groups excluding tert-OH is 1. The molecule has 1 atom stereocenters. The summed E-state index contributed by atoms with van der Waals surface area (Å²) in [5.74, 6) is 0.333.